The van der Waals surface area contributed by atoms with Gasteiger partial charge in [-0.3, -0.25) is 9.98 Å². The number of hydrogen-bond acceptors (Lipinski definition) is 4. The molecule has 4 nitrogen and oxygen atoms in total. The van der Waals surface area contributed by atoms with Crippen molar-refractivity contribution in [1.82, 2.24) is 14.5 Å². The lowest BCUT2D eigenvalue weighted by atomic mass is 9.96. The van der Waals surface area contributed by atoms with Crippen molar-refractivity contribution in [3.8, 4) is 5.69 Å². The highest BCUT2D eigenvalue weighted by molar-refractivity contribution is 8.14. The standard InChI is InChI=1S/C23H23ClN4S/c1-14-11-19(16(3)28(14)18-8-6-7-17(24)12-18)22-21(20-9-4-5-10-25-20)26-23-27(22)13-15(2)29-23/h4-12,15,21-22H,13H2,1-3H3/t15-,21-,22-/m1/s1. The minimum Gasteiger partial charge on any atom is -0.341 e. The number of hydrogen-bond donors (Lipinski definition) is 0. The molecule has 2 aliphatic heterocycles. The molecule has 2 aromatic heterocycles. The van der Waals surface area contributed by atoms with E-state index in [1.807, 2.05) is 48.3 Å². The third-order valence-corrected chi connectivity index (χ3v) is 7.07. The van der Waals surface area contributed by atoms with Gasteiger partial charge in [0.1, 0.15) is 6.04 Å². The summed E-state index contributed by atoms with van der Waals surface area (Å²) < 4.78 is 2.29. The van der Waals surface area contributed by atoms with Crippen LogP contribution in [-0.4, -0.2) is 31.4 Å². The van der Waals surface area contributed by atoms with Crippen LogP contribution in [-0.2, 0) is 0 Å². The number of aliphatic imine (C=N–C) groups is 1. The molecule has 1 fully saturated rings. The second kappa shape index (κ2) is 7.22. The minimum atomic E-state index is 0.0134. The summed E-state index contributed by atoms with van der Waals surface area (Å²) in [6.07, 6.45) is 1.86. The van der Waals surface area contributed by atoms with Crippen molar-refractivity contribution in [1.29, 1.82) is 0 Å². The van der Waals surface area contributed by atoms with Crippen molar-refractivity contribution in [3.63, 3.8) is 0 Å². The molecule has 0 saturated carbocycles. The lowest BCUT2D eigenvalue weighted by molar-refractivity contribution is 0.320. The zero-order chi connectivity index (χ0) is 20.1. The van der Waals surface area contributed by atoms with Gasteiger partial charge >= 0.3 is 0 Å². The van der Waals surface area contributed by atoms with E-state index in [1.54, 1.807) is 0 Å². The van der Waals surface area contributed by atoms with E-state index in [4.69, 9.17) is 16.6 Å². The predicted octanol–water partition coefficient (Wildman–Crippen LogP) is 5.73. The molecule has 0 radical (unpaired) electrons. The Labute approximate surface area is 180 Å². The van der Waals surface area contributed by atoms with Crippen LogP contribution in [0.4, 0.5) is 0 Å². The highest BCUT2D eigenvalue weighted by Gasteiger charge is 2.44. The zero-order valence-electron chi connectivity index (χ0n) is 16.7. The molecule has 4 heterocycles. The lowest BCUT2D eigenvalue weighted by Gasteiger charge is -2.27. The van der Waals surface area contributed by atoms with Crippen LogP contribution >= 0.6 is 23.4 Å². The quantitative estimate of drug-likeness (QED) is 0.540. The summed E-state index contributed by atoms with van der Waals surface area (Å²) in [5.74, 6) is 0. The van der Waals surface area contributed by atoms with Crippen LogP contribution < -0.4 is 0 Å². The van der Waals surface area contributed by atoms with Gasteiger partial charge in [0.05, 0.1) is 11.7 Å². The fourth-order valence-corrected chi connectivity index (χ4v) is 5.83. The van der Waals surface area contributed by atoms with Gasteiger partial charge < -0.3 is 9.47 Å². The van der Waals surface area contributed by atoms with Crippen molar-refractivity contribution >= 4 is 28.5 Å². The largest absolute Gasteiger partial charge is 0.341 e. The smallest absolute Gasteiger partial charge is 0.160 e. The van der Waals surface area contributed by atoms with Crippen molar-refractivity contribution in [2.24, 2.45) is 4.99 Å². The fraction of sp³-hybridized carbons (Fsp3) is 0.304. The summed E-state index contributed by atoms with van der Waals surface area (Å²) in [4.78, 5) is 12.2. The molecule has 6 heteroatoms. The number of aromatic nitrogens is 2. The SMILES string of the molecule is Cc1cc([C@@H]2[C@@H](c3ccccn3)N=C3S[C@H](C)CN32)c(C)n1-c1cccc(Cl)c1. The monoisotopic (exact) mass is 422 g/mol. The average molecular weight is 423 g/mol. The fourth-order valence-electron chi connectivity index (χ4n) is 4.55. The van der Waals surface area contributed by atoms with Gasteiger partial charge in [-0.05, 0) is 55.8 Å². The highest BCUT2D eigenvalue weighted by atomic mass is 35.5. The number of amidine groups is 1. The van der Waals surface area contributed by atoms with E-state index in [2.05, 4.69) is 53.4 Å². The molecule has 148 valence electrons. The Kier molecular flexibility index (Phi) is 4.67. The van der Waals surface area contributed by atoms with Crippen LogP contribution in [0.2, 0.25) is 5.02 Å². The van der Waals surface area contributed by atoms with Gasteiger partial charge in [-0.15, -0.1) is 0 Å². The molecule has 0 amide bonds. The normalized spacial score (nSPS) is 23.4. The Bertz CT molecular complexity index is 1090. The number of pyridine rings is 1. The number of aryl methyl sites for hydroxylation is 1. The summed E-state index contributed by atoms with van der Waals surface area (Å²) in [6.45, 7) is 7.64. The summed E-state index contributed by atoms with van der Waals surface area (Å²) in [7, 11) is 0. The van der Waals surface area contributed by atoms with E-state index in [1.165, 1.54) is 17.0 Å². The second-order valence-corrected chi connectivity index (χ2v) is 9.62. The first-order valence-corrected chi connectivity index (χ1v) is 11.2. The minimum absolute atomic E-state index is 0.0134. The zero-order valence-corrected chi connectivity index (χ0v) is 18.3. The Morgan fingerprint density at radius 3 is 2.72 bits per heavy atom. The molecular weight excluding hydrogens is 400 g/mol. The molecule has 1 saturated heterocycles. The maximum atomic E-state index is 6.27. The number of thioether (sulfide) groups is 1. The second-order valence-electron chi connectivity index (χ2n) is 7.78. The Hall–Kier alpha value is -2.24. The van der Waals surface area contributed by atoms with Crippen LogP contribution in [0.3, 0.4) is 0 Å². The van der Waals surface area contributed by atoms with Gasteiger partial charge in [0.25, 0.3) is 0 Å². The van der Waals surface area contributed by atoms with Gasteiger partial charge in [0.2, 0.25) is 0 Å². The van der Waals surface area contributed by atoms with Crippen LogP contribution in [0.25, 0.3) is 5.69 Å². The number of fused-ring (bicyclic) bond motifs is 1. The first-order chi connectivity index (χ1) is 14.0. The summed E-state index contributed by atoms with van der Waals surface area (Å²) >= 11 is 8.15. The van der Waals surface area contributed by atoms with Crippen LogP contribution in [0, 0.1) is 13.8 Å². The van der Waals surface area contributed by atoms with Crippen molar-refractivity contribution in [2.45, 2.75) is 38.1 Å². The molecule has 0 unspecified atom stereocenters. The van der Waals surface area contributed by atoms with E-state index in [-0.39, 0.29) is 12.1 Å². The van der Waals surface area contributed by atoms with Gasteiger partial charge in [-0.1, -0.05) is 42.4 Å². The van der Waals surface area contributed by atoms with Crippen LogP contribution in [0.15, 0.2) is 59.7 Å². The molecule has 1 aromatic carbocycles. The molecule has 0 bridgehead atoms. The van der Waals surface area contributed by atoms with E-state index < -0.39 is 0 Å². The van der Waals surface area contributed by atoms with Crippen molar-refractivity contribution in [3.05, 3.63) is 82.4 Å². The number of halogens is 1. The third kappa shape index (κ3) is 3.17. The first kappa shape index (κ1) is 18.8. The molecular formula is C23H23ClN4S. The predicted molar refractivity (Wildman–Crippen MR) is 121 cm³/mol. The van der Waals surface area contributed by atoms with Gasteiger partial charge in [0, 0.05) is 40.1 Å². The van der Waals surface area contributed by atoms with E-state index >= 15 is 0 Å². The van der Waals surface area contributed by atoms with Crippen LogP contribution in [0.5, 0.6) is 0 Å². The van der Waals surface area contributed by atoms with Gasteiger partial charge in [-0.25, -0.2) is 0 Å². The molecule has 0 N–H and O–H groups in total. The summed E-state index contributed by atoms with van der Waals surface area (Å²) in [5, 5.41) is 2.45. The first-order valence-electron chi connectivity index (χ1n) is 9.89. The van der Waals surface area contributed by atoms with E-state index in [0.717, 1.165) is 28.1 Å². The maximum Gasteiger partial charge on any atom is 0.160 e. The van der Waals surface area contributed by atoms with Gasteiger partial charge in [0.15, 0.2) is 5.17 Å². The number of nitrogens with zero attached hydrogens (tertiary/aromatic N) is 4. The average Bonchev–Trinajstić information content (AvgIpc) is 3.32. The number of rotatable bonds is 3. The van der Waals surface area contributed by atoms with Crippen molar-refractivity contribution < 1.29 is 0 Å². The summed E-state index contributed by atoms with van der Waals surface area (Å²) in [6, 6.07) is 16.6. The Morgan fingerprint density at radius 2 is 1.97 bits per heavy atom. The molecule has 5 rings (SSSR count). The summed E-state index contributed by atoms with van der Waals surface area (Å²) in [5.41, 5.74) is 5.87. The topological polar surface area (TPSA) is 33.4 Å². The molecule has 3 aromatic rings. The van der Waals surface area contributed by atoms with Gasteiger partial charge in [-0.2, -0.15) is 0 Å². The maximum absolute atomic E-state index is 6.27. The third-order valence-electron chi connectivity index (χ3n) is 5.74. The lowest BCUT2D eigenvalue weighted by Crippen LogP contribution is -2.28. The highest BCUT2D eigenvalue weighted by Crippen LogP contribution is 2.48. The van der Waals surface area contributed by atoms with Crippen LogP contribution in [0.1, 0.15) is 41.7 Å². The Morgan fingerprint density at radius 1 is 1.10 bits per heavy atom. The number of benzene rings is 1. The van der Waals surface area contributed by atoms with E-state index in [9.17, 15) is 0 Å². The molecule has 0 aliphatic carbocycles. The van der Waals surface area contributed by atoms with E-state index in [0.29, 0.717) is 5.25 Å². The molecule has 0 spiro atoms. The Balaban J connectivity index is 1.63. The van der Waals surface area contributed by atoms with Crippen molar-refractivity contribution in [2.75, 3.05) is 6.54 Å². The molecule has 2 aliphatic rings. The molecule has 29 heavy (non-hydrogen) atoms. The molecule has 3 atom stereocenters.